The molecule has 0 aromatic rings. The summed E-state index contributed by atoms with van der Waals surface area (Å²) < 4.78 is 9.26. The van der Waals surface area contributed by atoms with Gasteiger partial charge in [0.2, 0.25) is 6.54 Å². The maximum atomic E-state index is 11.0. The van der Waals surface area contributed by atoms with Gasteiger partial charge in [0.15, 0.2) is 0 Å². The number of rotatable bonds is 6. The van der Waals surface area contributed by atoms with E-state index in [4.69, 9.17) is 11.8 Å². The normalized spacial score (nSPS) is 8.11. The number of ether oxygens (including phenoxy) is 2. The third-order valence-corrected chi connectivity index (χ3v) is 1.58. The zero-order valence-corrected chi connectivity index (χ0v) is 9.77. The molecule has 0 aliphatic heterocycles. The van der Waals surface area contributed by atoms with E-state index in [-0.39, 0.29) is 19.8 Å². The van der Waals surface area contributed by atoms with Crippen LogP contribution < -0.4 is 0 Å². The first-order chi connectivity index (χ1) is 8.70. The van der Waals surface area contributed by atoms with Gasteiger partial charge < -0.3 is 14.3 Å². The highest BCUT2D eigenvalue weighted by molar-refractivity contribution is 5.98. The Kier molecular flexibility index (Phi) is 9.44. The molecule has 94 valence electrons. The van der Waals surface area contributed by atoms with Gasteiger partial charge in [-0.3, -0.25) is 0 Å². The van der Waals surface area contributed by atoms with Crippen molar-refractivity contribution in [2.75, 3.05) is 19.8 Å². The SMILES string of the molecule is [C-]#[N+]CCCOC(=O)C#CC(=O)OCCCC#N. The predicted molar refractivity (Wildman–Crippen MR) is 60.6 cm³/mol. The molecule has 0 heterocycles. The van der Waals surface area contributed by atoms with E-state index in [1.54, 1.807) is 0 Å². The van der Waals surface area contributed by atoms with Gasteiger partial charge in [-0.1, -0.05) is 0 Å². The molecule has 6 heteroatoms. The highest BCUT2D eigenvalue weighted by atomic mass is 16.5. The quantitative estimate of drug-likeness (QED) is 0.227. The summed E-state index contributed by atoms with van der Waals surface area (Å²) in [5.74, 6) is 2.29. The summed E-state index contributed by atoms with van der Waals surface area (Å²) in [6.07, 6.45) is 1.17. The largest absolute Gasteiger partial charge is 0.456 e. The minimum atomic E-state index is -0.828. The molecule has 0 saturated carbocycles. The van der Waals surface area contributed by atoms with Crippen molar-refractivity contribution in [1.29, 1.82) is 5.26 Å². The Morgan fingerprint density at radius 1 is 1.11 bits per heavy atom. The van der Waals surface area contributed by atoms with E-state index in [1.807, 2.05) is 17.9 Å². The minimum Gasteiger partial charge on any atom is -0.456 e. The van der Waals surface area contributed by atoms with Gasteiger partial charge >= 0.3 is 11.9 Å². The summed E-state index contributed by atoms with van der Waals surface area (Å²) in [5, 5.41) is 8.23. The number of nitriles is 1. The van der Waals surface area contributed by atoms with Crippen LogP contribution in [0.4, 0.5) is 0 Å². The molecule has 0 N–H and O–H groups in total. The number of carbonyl (C=O) groups is 2. The van der Waals surface area contributed by atoms with Crippen LogP contribution in [0.3, 0.4) is 0 Å². The topological polar surface area (TPSA) is 80.8 Å². The molecule has 0 aliphatic carbocycles. The average Bonchev–Trinajstić information content (AvgIpc) is 2.37. The highest BCUT2D eigenvalue weighted by Crippen LogP contribution is 1.88. The van der Waals surface area contributed by atoms with E-state index in [9.17, 15) is 9.59 Å². The molecule has 0 fully saturated rings. The number of hydrogen-bond donors (Lipinski definition) is 0. The summed E-state index contributed by atoms with van der Waals surface area (Å²) in [5.41, 5.74) is 0. The number of carbonyl (C=O) groups excluding carboxylic acids is 2. The smallest absolute Gasteiger partial charge is 0.384 e. The van der Waals surface area contributed by atoms with Crippen LogP contribution in [0.15, 0.2) is 0 Å². The third-order valence-electron chi connectivity index (χ3n) is 1.58. The molecule has 0 aromatic carbocycles. The van der Waals surface area contributed by atoms with Crippen LogP contribution in [-0.2, 0) is 19.1 Å². The minimum absolute atomic E-state index is 0.0983. The zero-order valence-electron chi connectivity index (χ0n) is 9.77. The second-order valence-electron chi connectivity index (χ2n) is 3.02. The van der Waals surface area contributed by atoms with Gasteiger partial charge in [-0.15, -0.1) is 0 Å². The fourth-order valence-corrected chi connectivity index (χ4v) is 0.799. The molecular formula is C12H12N2O4. The van der Waals surface area contributed by atoms with E-state index in [0.717, 1.165) is 0 Å². The fraction of sp³-hybridized carbons (Fsp3) is 0.500. The van der Waals surface area contributed by atoms with Crippen molar-refractivity contribution in [3.05, 3.63) is 11.4 Å². The summed E-state index contributed by atoms with van der Waals surface area (Å²) in [6.45, 7) is 6.98. The Labute approximate surface area is 105 Å². The zero-order chi connectivity index (χ0) is 13.6. The molecule has 0 spiro atoms. The van der Waals surface area contributed by atoms with E-state index in [2.05, 4.69) is 14.3 Å². The molecule has 0 rings (SSSR count). The maximum absolute atomic E-state index is 11.0. The maximum Gasteiger partial charge on any atom is 0.384 e. The van der Waals surface area contributed by atoms with Gasteiger partial charge in [0.1, 0.15) is 0 Å². The summed E-state index contributed by atoms with van der Waals surface area (Å²) in [7, 11) is 0. The number of unbranched alkanes of at least 4 members (excludes halogenated alkanes) is 1. The summed E-state index contributed by atoms with van der Waals surface area (Å²) in [6, 6.07) is 1.90. The average molecular weight is 248 g/mol. The van der Waals surface area contributed by atoms with Gasteiger partial charge in [-0.25, -0.2) is 16.2 Å². The fourth-order valence-electron chi connectivity index (χ4n) is 0.799. The highest BCUT2D eigenvalue weighted by Gasteiger charge is 2.00. The second-order valence-corrected chi connectivity index (χ2v) is 3.02. The van der Waals surface area contributed by atoms with E-state index >= 15 is 0 Å². The van der Waals surface area contributed by atoms with Gasteiger partial charge in [0, 0.05) is 18.3 Å². The predicted octanol–water partition coefficient (Wildman–Crippen LogP) is 0.689. The monoisotopic (exact) mass is 248 g/mol. The van der Waals surface area contributed by atoms with Crippen molar-refractivity contribution in [2.45, 2.75) is 19.3 Å². The first kappa shape index (κ1) is 15.5. The van der Waals surface area contributed by atoms with Gasteiger partial charge in [0.25, 0.3) is 0 Å². The first-order valence-electron chi connectivity index (χ1n) is 5.26. The Morgan fingerprint density at radius 3 is 2.17 bits per heavy atom. The number of nitrogens with zero attached hydrogens (tertiary/aromatic N) is 2. The number of hydrogen-bond acceptors (Lipinski definition) is 5. The van der Waals surface area contributed by atoms with Crippen LogP contribution in [0, 0.1) is 29.7 Å². The van der Waals surface area contributed by atoms with Crippen LogP contribution in [0.1, 0.15) is 19.3 Å². The lowest BCUT2D eigenvalue weighted by atomic mass is 10.3. The molecule has 0 bridgehead atoms. The van der Waals surface area contributed by atoms with Crippen LogP contribution in [0.25, 0.3) is 4.85 Å². The van der Waals surface area contributed by atoms with Gasteiger partial charge in [-0.05, 0) is 6.42 Å². The molecule has 0 atom stereocenters. The molecule has 0 saturated heterocycles. The van der Waals surface area contributed by atoms with Crippen molar-refractivity contribution in [3.63, 3.8) is 0 Å². The van der Waals surface area contributed by atoms with Crippen LogP contribution in [-0.4, -0.2) is 31.7 Å². The molecular weight excluding hydrogens is 236 g/mol. The van der Waals surface area contributed by atoms with Crippen LogP contribution >= 0.6 is 0 Å². The lowest BCUT2D eigenvalue weighted by Gasteiger charge is -1.96. The van der Waals surface area contributed by atoms with Crippen molar-refractivity contribution in [3.8, 4) is 17.9 Å². The van der Waals surface area contributed by atoms with Gasteiger partial charge in [0.05, 0.1) is 25.7 Å². The van der Waals surface area contributed by atoms with E-state index in [0.29, 0.717) is 19.3 Å². The first-order valence-corrected chi connectivity index (χ1v) is 5.26. The molecule has 0 radical (unpaired) electrons. The van der Waals surface area contributed by atoms with Crippen molar-refractivity contribution in [2.24, 2.45) is 0 Å². The molecule has 0 unspecified atom stereocenters. The Balaban J connectivity index is 3.73. The van der Waals surface area contributed by atoms with Gasteiger partial charge in [-0.2, -0.15) is 5.26 Å². The second kappa shape index (κ2) is 11.0. The van der Waals surface area contributed by atoms with E-state index in [1.165, 1.54) is 0 Å². The lowest BCUT2D eigenvalue weighted by Crippen LogP contribution is -2.06. The molecule has 0 aliphatic rings. The molecule has 18 heavy (non-hydrogen) atoms. The third kappa shape index (κ3) is 10.0. The van der Waals surface area contributed by atoms with Crippen LogP contribution in [0.2, 0.25) is 0 Å². The summed E-state index contributed by atoms with van der Waals surface area (Å²) in [4.78, 5) is 25.0. The Morgan fingerprint density at radius 2 is 1.67 bits per heavy atom. The van der Waals surface area contributed by atoms with Crippen LogP contribution in [0.5, 0.6) is 0 Å². The molecule has 0 amide bonds. The lowest BCUT2D eigenvalue weighted by molar-refractivity contribution is -0.138. The van der Waals surface area contributed by atoms with Crippen molar-refractivity contribution in [1.82, 2.24) is 0 Å². The molecule has 0 aromatic heterocycles. The van der Waals surface area contributed by atoms with Crippen molar-refractivity contribution < 1.29 is 19.1 Å². The van der Waals surface area contributed by atoms with E-state index < -0.39 is 11.9 Å². The Bertz CT molecular complexity index is 382. The molecule has 6 nitrogen and oxygen atoms in total. The number of esters is 2. The Hall–Kier alpha value is -2.52. The van der Waals surface area contributed by atoms with Crippen molar-refractivity contribution >= 4 is 11.9 Å². The standard InChI is InChI=1S/C12H12N2O4/c1-14-8-4-10-18-12(16)6-5-11(15)17-9-3-2-7-13/h2-4,8-10H2. The summed E-state index contributed by atoms with van der Waals surface area (Å²) >= 11 is 0.